The molecular weight excluding hydrogens is 340 g/mol. The summed E-state index contributed by atoms with van der Waals surface area (Å²) in [7, 11) is 1.86. The third-order valence-electron chi connectivity index (χ3n) is 5.09. The van der Waals surface area contributed by atoms with Gasteiger partial charge in [0.2, 0.25) is 0 Å². The van der Waals surface area contributed by atoms with E-state index in [-0.39, 0.29) is 11.8 Å². The number of rotatable bonds is 2. The maximum atomic E-state index is 10.4. The Morgan fingerprint density at radius 2 is 1.89 bits per heavy atom. The molecule has 1 aliphatic rings. The van der Waals surface area contributed by atoms with Crippen molar-refractivity contribution in [2.45, 2.75) is 12.5 Å². The Kier molecular flexibility index (Phi) is 3.51. The first-order valence-electron chi connectivity index (χ1n) is 9.02. The summed E-state index contributed by atoms with van der Waals surface area (Å²) in [6.45, 7) is 1.77. The summed E-state index contributed by atoms with van der Waals surface area (Å²) in [4.78, 5) is 11.7. The maximum absolute atomic E-state index is 10.4. The van der Waals surface area contributed by atoms with Crippen molar-refractivity contribution in [3.05, 3.63) is 42.6 Å². The van der Waals surface area contributed by atoms with Crippen LogP contribution in [0.4, 0.5) is 5.82 Å². The number of aromatic hydroxyl groups is 1. The summed E-state index contributed by atoms with van der Waals surface area (Å²) in [6.07, 6.45) is 2.92. The smallest absolute Gasteiger partial charge is 0.129 e. The molecule has 4 heterocycles. The third-order valence-corrected chi connectivity index (χ3v) is 5.09. The minimum absolute atomic E-state index is 0.170. The molecule has 1 saturated heterocycles. The molecular formula is C20H20N6O. The van der Waals surface area contributed by atoms with Crippen LogP contribution >= 0.6 is 0 Å². The molecule has 5 rings (SSSR count). The Bertz CT molecular complexity index is 1170. The van der Waals surface area contributed by atoms with Gasteiger partial charge < -0.3 is 15.7 Å². The largest absolute Gasteiger partial charge is 0.507 e. The minimum Gasteiger partial charge on any atom is -0.507 e. The second-order valence-electron chi connectivity index (χ2n) is 7.13. The van der Waals surface area contributed by atoms with Crippen LogP contribution in [-0.4, -0.2) is 44.0 Å². The first-order chi connectivity index (χ1) is 13.1. The van der Waals surface area contributed by atoms with E-state index < -0.39 is 0 Å². The van der Waals surface area contributed by atoms with Gasteiger partial charge in [0.15, 0.2) is 0 Å². The summed E-state index contributed by atoms with van der Waals surface area (Å²) in [5.74, 6) is 1.10. The molecule has 3 N–H and O–H groups in total. The molecule has 1 aromatic carbocycles. The van der Waals surface area contributed by atoms with Gasteiger partial charge in [-0.1, -0.05) is 0 Å². The molecule has 7 heteroatoms. The average molecular weight is 360 g/mol. The van der Waals surface area contributed by atoms with E-state index in [1.165, 1.54) is 0 Å². The highest BCUT2D eigenvalue weighted by Crippen LogP contribution is 2.33. The molecule has 0 saturated carbocycles. The number of anilines is 1. The second kappa shape index (κ2) is 5.92. The van der Waals surface area contributed by atoms with Crippen molar-refractivity contribution in [2.24, 2.45) is 12.8 Å². The molecule has 1 atom stereocenters. The van der Waals surface area contributed by atoms with Crippen LogP contribution in [0.3, 0.4) is 0 Å². The molecule has 4 aromatic rings. The van der Waals surface area contributed by atoms with Gasteiger partial charge in [-0.3, -0.25) is 4.68 Å². The monoisotopic (exact) mass is 360 g/mol. The molecule has 0 bridgehead atoms. The highest BCUT2D eigenvalue weighted by atomic mass is 16.3. The van der Waals surface area contributed by atoms with Crippen LogP contribution in [0.15, 0.2) is 42.6 Å². The lowest BCUT2D eigenvalue weighted by Gasteiger charge is -2.17. The number of nitrogens with two attached hydrogens (primary N) is 1. The lowest BCUT2D eigenvalue weighted by Crippen LogP contribution is -2.26. The molecule has 27 heavy (non-hydrogen) atoms. The van der Waals surface area contributed by atoms with Gasteiger partial charge >= 0.3 is 0 Å². The summed E-state index contributed by atoms with van der Waals surface area (Å²) < 4.78 is 1.73. The lowest BCUT2D eigenvalue weighted by atomic mass is 10.1. The van der Waals surface area contributed by atoms with E-state index in [2.05, 4.69) is 10.00 Å². The van der Waals surface area contributed by atoms with E-state index in [9.17, 15) is 5.11 Å². The number of phenolic OH excluding ortho intramolecular Hbond substituents is 1. The lowest BCUT2D eigenvalue weighted by molar-refractivity contribution is 0.478. The molecule has 136 valence electrons. The number of aryl methyl sites for hydroxylation is 1. The Hall–Kier alpha value is -3.19. The van der Waals surface area contributed by atoms with E-state index in [4.69, 9.17) is 15.7 Å². The molecule has 0 radical (unpaired) electrons. The fraction of sp³-hybridized carbons (Fsp3) is 0.250. The van der Waals surface area contributed by atoms with Crippen molar-refractivity contribution in [1.29, 1.82) is 0 Å². The SMILES string of the molecule is Cn1cc2cc(-c3ccc4nc(N5CC[C@H](N)C5)ccc4n3)c(O)cc2n1. The Balaban J connectivity index is 1.55. The van der Waals surface area contributed by atoms with Gasteiger partial charge in [-0.05, 0) is 36.8 Å². The molecule has 1 fully saturated rings. The van der Waals surface area contributed by atoms with E-state index in [1.807, 2.05) is 43.6 Å². The summed E-state index contributed by atoms with van der Waals surface area (Å²) in [6, 6.07) is 11.6. The van der Waals surface area contributed by atoms with Crippen molar-refractivity contribution in [3.63, 3.8) is 0 Å². The fourth-order valence-corrected chi connectivity index (χ4v) is 3.71. The van der Waals surface area contributed by atoms with Crippen molar-refractivity contribution in [3.8, 4) is 17.0 Å². The summed E-state index contributed by atoms with van der Waals surface area (Å²) in [5.41, 5.74) is 9.79. The quantitative estimate of drug-likeness (QED) is 0.570. The number of aromatic nitrogens is 4. The van der Waals surface area contributed by atoms with Gasteiger partial charge in [-0.2, -0.15) is 5.10 Å². The van der Waals surface area contributed by atoms with Crippen LogP contribution < -0.4 is 10.6 Å². The van der Waals surface area contributed by atoms with E-state index in [0.29, 0.717) is 11.3 Å². The third kappa shape index (κ3) is 2.76. The predicted octanol–water partition coefficient (Wildman–Crippen LogP) is 2.43. The van der Waals surface area contributed by atoms with Crippen LogP contribution in [0.1, 0.15) is 6.42 Å². The number of pyridine rings is 2. The normalized spacial score (nSPS) is 17.3. The van der Waals surface area contributed by atoms with Crippen LogP contribution in [-0.2, 0) is 7.05 Å². The molecule has 0 spiro atoms. The average Bonchev–Trinajstić information content (AvgIpc) is 3.24. The number of hydrogen-bond donors (Lipinski definition) is 2. The highest BCUT2D eigenvalue weighted by Gasteiger charge is 2.20. The molecule has 7 nitrogen and oxygen atoms in total. The number of benzene rings is 1. The van der Waals surface area contributed by atoms with Gasteiger partial charge in [0.05, 0.1) is 22.2 Å². The van der Waals surface area contributed by atoms with E-state index >= 15 is 0 Å². The topological polar surface area (TPSA) is 93.1 Å². The van der Waals surface area contributed by atoms with Crippen LogP contribution in [0.2, 0.25) is 0 Å². The molecule has 0 unspecified atom stereocenters. The number of fused-ring (bicyclic) bond motifs is 2. The van der Waals surface area contributed by atoms with Gasteiger partial charge in [0, 0.05) is 49.4 Å². The summed E-state index contributed by atoms with van der Waals surface area (Å²) in [5, 5.41) is 15.7. The van der Waals surface area contributed by atoms with Crippen LogP contribution in [0, 0.1) is 0 Å². The Labute approximate surface area is 156 Å². The number of nitrogens with zero attached hydrogens (tertiary/aromatic N) is 5. The number of phenols is 1. The molecule has 0 amide bonds. The fourth-order valence-electron chi connectivity index (χ4n) is 3.71. The minimum atomic E-state index is 0.170. The van der Waals surface area contributed by atoms with Gasteiger partial charge in [0.1, 0.15) is 11.6 Å². The maximum Gasteiger partial charge on any atom is 0.129 e. The Morgan fingerprint density at radius 3 is 2.70 bits per heavy atom. The molecule has 0 aliphatic carbocycles. The Morgan fingerprint density at radius 1 is 1.07 bits per heavy atom. The standard InChI is InChI=1S/C20H20N6O/c1-25-10-12-8-14(19(27)9-18(12)24-25)15-2-3-17-16(22-15)4-5-20(23-17)26-7-6-13(21)11-26/h2-5,8-10,13,27H,6-7,11,21H2,1H3/t13-/m0/s1. The van der Waals surface area contributed by atoms with Gasteiger partial charge in [0.25, 0.3) is 0 Å². The first kappa shape index (κ1) is 16.0. The zero-order valence-electron chi connectivity index (χ0n) is 15.0. The number of hydrogen-bond acceptors (Lipinski definition) is 6. The second-order valence-corrected chi connectivity index (χ2v) is 7.13. The zero-order valence-corrected chi connectivity index (χ0v) is 15.0. The van der Waals surface area contributed by atoms with Crippen molar-refractivity contribution >= 4 is 27.8 Å². The van der Waals surface area contributed by atoms with E-state index in [0.717, 1.165) is 47.3 Å². The van der Waals surface area contributed by atoms with Gasteiger partial charge in [-0.15, -0.1) is 0 Å². The van der Waals surface area contributed by atoms with Gasteiger partial charge in [-0.25, -0.2) is 9.97 Å². The van der Waals surface area contributed by atoms with Crippen LogP contribution in [0.25, 0.3) is 33.2 Å². The molecule has 3 aromatic heterocycles. The van der Waals surface area contributed by atoms with E-state index in [1.54, 1.807) is 10.7 Å². The van der Waals surface area contributed by atoms with Crippen molar-refractivity contribution in [2.75, 3.05) is 18.0 Å². The van der Waals surface area contributed by atoms with Crippen molar-refractivity contribution < 1.29 is 5.11 Å². The first-order valence-corrected chi connectivity index (χ1v) is 9.02. The van der Waals surface area contributed by atoms with Crippen molar-refractivity contribution in [1.82, 2.24) is 19.7 Å². The molecule has 1 aliphatic heterocycles. The van der Waals surface area contributed by atoms with Crippen LogP contribution in [0.5, 0.6) is 5.75 Å². The zero-order chi connectivity index (χ0) is 18.5. The predicted molar refractivity (Wildman–Crippen MR) is 106 cm³/mol. The summed E-state index contributed by atoms with van der Waals surface area (Å²) >= 11 is 0. The highest BCUT2D eigenvalue weighted by molar-refractivity contribution is 5.88.